The second-order valence-electron chi connectivity index (χ2n) is 4.89. The largest absolute Gasteiger partial charge is 0.392 e. The molecule has 0 bridgehead atoms. The Balaban J connectivity index is 1.81. The average Bonchev–Trinajstić information content (AvgIpc) is 2.85. The monoisotopic (exact) mass is 346 g/mol. The summed E-state index contributed by atoms with van der Waals surface area (Å²) >= 11 is 5.20. The normalized spacial score (nSPS) is 12.7. The summed E-state index contributed by atoms with van der Waals surface area (Å²) < 4.78 is 1.10. The number of aliphatic hydroxyl groups is 1. The van der Waals surface area contributed by atoms with Gasteiger partial charge in [-0.1, -0.05) is 42.5 Å². The number of benzene rings is 2. The van der Waals surface area contributed by atoms with Gasteiger partial charge in [-0.3, -0.25) is 0 Å². The van der Waals surface area contributed by atoms with Crippen molar-refractivity contribution < 1.29 is 5.11 Å². The third kappa shape index (κ3) is 2.95. The summed E-state index contributed by atoms with van der Waals surface area (Å²) in [5.74, 6) is 0. The van der Waals surface area contributed by atoms with E-state index >= 15 is 0 Å². The first-order chi connectivity index (χ1) is 9.74. The predicted molar refractivity (Wildman–Crippen MR) is 89.4 cm³/mol. The molecule has 3 heteroatoms. The first-order valence-electron chi connectivity index (χ1n) is 6.60. The minimum Gasteiger partial charge on any atom is -0.392 e. The van der Waals surface area contributed by atoms with Gasteiger partial charge in [-0.05, 0) is 50.1 Å². The molecule has 0 aliphatic heterocycles. The highest BCUT2D eigenvalue weighted by atomic mass is 79.9. The number of rotatable bonds is 4. The third-order valence-electron chi connectivity index (χ3n) is 3.45. The van der Waals surface area contributed by atoms with Gasteiger partial charge in [0.05, 0.1) is 6.10 Å². The van der Waals surface area contributed by atoms with Crippen LogP contribution in [0.4, 0.5) is 0 Å². The van der Waals surface area contributed by atoms with Gasteiger partial charge >= 0.3 is 0 Å². The summed E-state index contributed by atoms with van der Waals surface area (Å²) in [5.41, 5.74) is 1.21. The molecule has 1 aromatic heterocycles. The van der Waals surface area contributed by atoms with Crippen molar-refractivity contribution in [1.29, 1.82) is 0 Å². The van der Waals surface area contributed by atoms with Crippen molar-refractivity contribution in [3.05, 3.63) is 68.8 Å². The Morgan fingerprint density at radius 2 is 1.80 bits per heavy atom. The summed E-state index contributed by atoms with van der Waals surface area (Å²) in [7, 11) is 0. The molecule has 0 aliphatic rings. The minimum absolute atomic E-state index is 0.351. The molecule has 0 fully saturated rings. The van der Waals surface area contributed by atoms with Crippen molar-refractivity contribution in [2.24, 2.45) is 0 Å². The first kappa shape index (κ1) is 13.8. The molecule has 0 saturated heterocycles. The van der Waals surface area contributed by atoms with Crippen molar-refractivity contribution in [2.75, 3.05) is 0 Å². The van der Waals surface area contributed by atoms with Crippen LogP contribution in [0.1, 0.15) is 10.4 Å². The van der Waals surface area contributed by atoms with Gasteiger partial charge in [-0.25, -0.2) is 0 Å². The zero-order chi connectivity index (χ0) is 13.9. The molecule has 1 atom stereocenters. The lowest BCUT2D eigenvalue weighted by atomic mass is 9.98. The second-order valence-corrected chi connectivity index (χ2v) is 6.75. The third-order valence-corrected chi connectivity index (χ3v) is 5.40. The topological polar surface area (TPSA) is 20.2 Å². The van der Waals surface area contributed by atoms with Crippen LogP contribution in [-0.2, 0) is 12.8 Å². The molecule has 0 radical (unpaired) electrons. The summed E-state index contributed by atoms with van der Waals surface area (Å²) in [5, 5.41) is 14.9. The number of aliphatic hydroxyl groups excluding tert-OH is 1. The first-order valence-corrected chi connectivity index (χ1v) is 8.28. The van der Waals surface area contributed by atoms with Gasteiger partial charge in [0.15, 0.2) is 0 Å². The van der Waals surface area contributed by atoms with Gasteiger partial charge in [0.2, 0.25) is 0 Å². The van der Waals surface area contributed by atoms with E-state index in [2.05, 4.69) is 46.3 Å². The van der Waals surface area contributed by atoms with Gasteiger partial charge in [-0.2, -0.15) is 0 Å². The highest BCUT2D eigenvalue weighted by molar-refractivity contribution is 9.10. The van der Waals surface area contributed by atoms with Gasteiger partial charge in [-0.15, -0.1) is 11.3 Å². The Hall–Kier alpha value is -1.16. The minimum atomic E-state index is -0.351. The SMILES string of the molecule is OC(Cc1sccc1Br)Cc1cccc2ccccc12. The standard InChI is InChI=1S/C17H15BrOS/c18-16-8-9-20-17(16)11-14(19)10-13-6-3-5-12-4-1-2-7-15(12)13/h1-9,14,19H,10-11H2. The molecule has 20 heavy (non-hydrogen) atoms. The van der Waals surface area contributed by atoms with Gasteiger partial charge in [0.25, 0.3) is 0 Å². The number of fused-ring (bicyclic) bond motifs is 1. The molecule has 1 unspecified atom stereocenters. The zero-order valence-electron chi connectivity index (χ0n) is 10.9. The van der Waals surface area contributed by atoms with Crippen LogP contribution in [0.3, 0.4) is 0 Å². The summed E-state index contributed by atoms with van der Waals surface area (Å²) in [6.07, 6.45) is 1.03. The number of hydrogen-bond acceptors (Lipinski definition) is 2. The second kappa shape index (κ2) is 6.08. The maximum absolute atomic E-state index is 10.3. The van der Waals surface area contributed by atoms with E-state index in [-0.39, 0.29) is 6.10 Å². The quantitative estimate of drug-likeness (QED) is 0.718. The number of halogens is 1. The van der Waals surface area contributed by atoms with Gasteiger partial charge < -0.3 is 5.11 Å². The van der Waals surface area contributed by atoms with Crippen LogP contribution in [0.5, 0.6) is 0 Å². The molecule has 0 aliphatic carbocycles. The Morgan fingerprint density at radius 3 is 2.60 bits per heavy atom. The Morgan fingerprint density at radius 1 is 1.00 bits per heavy atom. The van der Waals surface area contributed by atoms with E-state index in [0.29, 0.717) is 12.8 Å². The molecular weight excluding hydrogens is 332 g/mol. The molecule has 1 N–H and O–H groups in total. The fourth-order valence-corrected chi connectivity index (χ4v) is 4.07. The lowest BCUT2D eigenvalue weighted by Gasteiger charge is -2.12. The van der Waals surface area contributed by atoms with Crippen molar-refractivity contribution in [2.45, 2.75) is 18.9 Å². The Kier molecular flexibility index (Phi) is 4.20. The molecule has 2 aromatic carbocycles. The van der Waals surface area contributed by atoms with Crippen molar-refractivity contribution >= 4 is 38.0 Å². The van der Waals surface area contributed by atoms with E-state index in [1.54, 1.807) is 11.3 Å². The molecular formula is C17H15BrOS. The molecule has 0 amide bonds. The average molecular weight is 347 g/mol. The van der Waals surface area contributed by atoms with Crippen molar-refractivity contribution in [3.63, 3.8) is 0 Å². The van der Waals surface area contributed by atoms with E-state index < -0.39 is 0 Å². The van der Waals surface area contributed by atoms with Crippen LogP contribution >= 0.6 is 27.3 Å². The molecule has 3 rings (SSSR count). The van der Waals surface area contributed by atoms with Crippen LogP contribution < -0.4 is 0 Å². The summed E-state index contributed by atoms with van der Waals surface area (Å²) in [6, 6.07) is 16.6. The highest BCUT2D eigenvalue weighted by Gasteiger charge is 2.12. The van der Waals surface area contributed by atoms with Crippen LogP contribution in [0.15, 0.2) is 58.4 Å². The molecule has 1 nitrogen and oxygen atoms in total. The number of thiophene rings is 1. The van der Waals surface area contributed by atoms with Crippen LogP contribution in [0, 0.1) is 0 Å². The molecule has 0 saturated carbocycles. The fourth-order valence-electron chi connectivity index (χ4n) is 2.48. The lowest BCUT2D eigenvalue weighted by Crippen LogP contribution is -2.13. The summed E-state index contributed by atoms with van der Waals surface area (Å²) in [6.45, 7) is 0. The van der Waals surface area contributed by atoms with Crippen LogP contribution in [0.25, 0.3) is 10.8 Å². The number of hydrogen-bond donors (Lipinski definition) is 1. The van der Waals surface area contributed by atoms with E-state index in [1.807, 2.05) is 23.6 Å². The Bertz CT molecular complexity index is 714. The van der Waals surface area contributed by atoms with Crippen molar-refractivity contribution in [1.82, 2.24) is 0 Å². The van der Waals surface area contributed by atoms with Crippen molar-refractivity contribution in [3.8, 4) is 0 Å². The maximum Gasteiger partial charge on any atom is 0.0629 e. The predicted octanol–water partition coefficient (Wildman–Crippen LogP) is 4.81. The molecule has 3 aromatic rings. The lowest BCUT2D eigenvalue weighted by molar-refractivity contribution is 0.176. The highest BCUT2D eigenvalue weighted by Crippen LogP contribution is 2.26. The van der Waals surface area contributed by atoms with Crippen LogP contribution in [0.2, 0.25) is 0 Å². The maximum atomic E-state index is 10.3. The van der Waals surface area contributed by atoms with Gasteiger partial charge in [0, 0.05) is 15.8 Å². The smallest absolute Gasteiger partial charge is 0.0629 e. The van der Waals surface area contributed by atoms with Crippen LogP contribution in [-0.4, -0.2) is 11.2 Å². The fraction of sp³-hybridized carbons (Fsp3) is 0.176. The zero-order valence-corrected chi connectivity index (χ0v) is 13.3. The molecule has 1 heterocycles. The molecule has 102 valence electrons. The van der Waals surface area contributed by atoms with E-state index in [4.69, 9.17) is 0 Å². The van der Waals surface area contributed by atoms with E-state index in [9.17, 15) is 5.11 Å². The van der Waals surface area contributed by atoms with E-state index in [1.165, 1.54) is 21.2 Å². The summed E-state index contributed by atoms with van der Waals surface area (Å²) in [4.78, 5) is 1.21. The molecule has 0 spiro atoms. The Labute approximate surface area is 131 Å². The van der Waals surface area contributed by atoms with E-state index in [0.717, 1.165) is 4.47 Å². The van der Waals surface area contributed by atoms with Gasteiger partial charge in [0.1, 0.15) is 0 Å².